The molecule has 0 saturated heterocycles. The van der Waals surface area contributed by atoms with Crippen LogP contribution in [0.25, 0.3) is 0 Å². The molecule has 0 heterocycles. The third-order valence-corrected chi connectivity index (χ3v) is 1.31. The van der Waals surface area contributed by atoms with E-state index in [1.165, 1.54) is 12.8 Å². The van der Waals surface area contributed by atoms with Gasteiger partial charge in [-0.15, -0.1) is 0 Å². The average molecular weight is 176 g/mol. The maximum absolute atomic E-state index is 4.94. The van der Waals surface area contributed by atoms with Gasteiger partial charge in [-0.3, -0.25) is 0 Å². The number of unbranched alkanes of at least 4 members (excludes halogenated alkanes) is 1. The zero-order valence-electron chi connectivity index (χ0n) is 9.44. The first-order chi connectivity index (χ1) is 5.47. The predicted octanol–water partition coefficient (Wildman–Crippen LogP) is 2.86. The molecule has 0 radical (unpaired) electrons. The second-order valence-corrected chi connectivity index (χ2v) is 3.66. The smallest absolute Gasteiger partial charge is 0.0594 e. The van der Waals surface area contributed by atoms with Crippen molar-refractivity contribution in [2.75, 3.05) is 20.8 Å². The van der Waals surface area contributed by atoms with Crippen molar-refractivity contribution in [1.82, 2.24) is 0 Å². The maximum Gasteiger partial charge on any atom is 0.0594 e. The van der Waals surface area contributed by atoms with Gasteiger partial charge in [0.2, 0.25) is 0 Å². The van der Waals surface area contributed by atoms with Gasteiger partial charge in [0.05, 0.1) is 5.60 Å². The molecule has 76 valence electrons. The first-order valence-corrected chi connectivity index (χ1v) is 4.52. The lowest BCUT2D eigenvalue weighted by atomic mass is 10.2. The lowest BCUT2D eigenvalue weighted by Gasteiger charge is -2.14. The third-order valence-electron chi connectivity index (χ3n) is 1.31. The van der Waals surface area contributed by atoms with Crippen molar-refractivity contribution in [2.45, 2.75) is 46.1 Å². The van der Waals surface area contributed by atoms with Gasteiger partial charge < -0.3 is 9.47 Å². The summed E-state index contributed by atoms with van der Waals surface area (Å²) in [5.74, 6) is 0. The minimum atomic E-state index is 0.0417. The highest BCUT2D eigenvalue weighted by Crippen LogP contribution is 2.02. The Morgan fingerprint density at radius 3 is 1.58 bits per heavy atom. The summed E-state index contributed by atoms with van der Waals surface area (Å²) in [6.07, 6.45) is 2.42. The van der Waals surface area contributed by atoms with Crippen LogP contribution < -0.4 is 0 Å². The van der Waals surface area contributed by atoms with Crippen LogP contribution in [-0.2, 0) is 9.47 Å². The van der Waals surface area contributed by atoms with E-state index in [1.807, 2.05) is 20.8 Å². The monoisotopic (exact) mass is 176 g/mol. The fourth-order valence-electron chi connectivity index (χ4n) is 0.289. The molecule has 0 aliphatic carbocycles. The third kappa shape index (κ3) is 22.5. The van der Waals surface area contributed by atoms with Crippen LogP contribution in [0.5, 0.6) is 0 Å². The number of rotatable bonds is 3. The molecule has 0 unspecified atom stereocenters. The van der Waals surface area contributed by atoms with E-state index >= 15 is 0 Å². The zero-order chi connectivity index (χ0) is 10.0. The molecular weight excluding hydrogens is 152 g/mol. The zero-order valence-corrected chi connectivity index (χ0v) is 9.44. The summed E-state index contributed by atoms with van der Waals surface area (Å²) in [5.41, 5.74) is 0.0417. The Balaban J connectivity index is 0. The lowest BCUT2D eigenvalue weighted by Crippen LogP contribution is -2.15. The molecule has 0 bridgehead atoms. The Labute approximate surface area is 77.3 Å². The van der Waals surface area contributed by atoms with Crippen molar-refractivity contribution in [3.8, 4) is 0 Å². The van der Waals surface area contributed by atoms with Crippen LogP contribution in [0.1, 0.15) is 40.5 Å². The molecule has 0 spiro atoms. The quantitative estimate of drug-likeness (QED) is 0.616. The Kier molecular flexibility index (Phi) is 10.8. The Hall–Kier alpha value is -0.0800. The molecule has 0 aliphatic rings. The van der Waals surface area contributed by atoms with Crippen LogP contribution in [0.4, 0.5) is 0 Å². The highest BCUT2D eigenvalue weighted by Gasteiger charge is 2.03. The minimum Gasteiger partial charge on any atom is -0.385 e. The van der Waals surface area contributed by atoms with Crippen molar-refractivity contribution >= 4 is 0 Å². The van der Waals surface area contributed by atoms with E-state index in [0.29, 0.717) is 0 Å². The first-order valence-electron chi connectivity index (χ1n) is 4.52. The van der Waals surface area contributed by atoms with Crippen LogP contribution >= 0.6 is 0 Å². The summed E-state index contributed by atoms with van der Waals surface area (Å²) >= 11 is 0. The van der Waals surface area contributed by atoms with Gasteiger partial charge in [-0.1, -0.05) is 13.3 Å². The standard InChI is InChI=1S/2C5H12O/c1-5(2,3)6-4;1-3-4-5-6-2/h1-4H3;3-5H2,1-2H3. The van der Waals surface area contributed by atoms with E-state index in [4.69, 9.17) is 9.47 Å². The van der Waals surface area contributed by atoms with Crippen LogP contribution in [0.15, 0.2) is 0 Å². The molecule has 0 saturated carbocycles. The van der Waals surface area contributed by atoms with Gasteiger partial charge in [-0.05, 0) is 27.2 Å². The highest BCUT2D eigenvalue weighted by atomic mass is 16.5. The molecule has 2 heteroatoms. The topological polar surface area (TPSA) is 18.5 Å². The van der Waals surface area contributed by atoms with Crippen LogP contribution in [-0.4, -0.2) is 26.4 Å². The number of hydrogen-bond donors (Lipinski definition) is 0. The predicted molar refractivity (Wildman–Crippen MR) is 53.5 cm³/mol. The van der Waals surface area contributed by atoms with Crippen molar-refractivity contribution in [3.05, 3.63) is 0 Å². The molecule has 0 aromatic carbocycles. The minimum absolute atomic E-state index is 0.0417. The Bertz CT molecular complexity index is 70.4. The molecule has 0 amide bonds. The molecule has 12 heavy (non-hydrogen) atoms. The number of hydrogen-bond acceptors (Lipinski definition) is 2. The van der Waals surface area contributed by atoms with E-state index in [1.54, 1.807) is 14.2 Å². The average Bonchev–Trinajstić information content (AvgIpc) is 2.01. The summed E-state index contributed by atoms with van der Waals surface area (Å²) in [4.78, 5) is 0. The second kappa shape index (κ2) is 9.01. The fraction of sp³-hybridized carbons (Fsp3) is 1.00. The molecule has 0 aromatic heterocycles. The molecule has 0 rings (SSSR count). The molecule has 0 atom stereocenters. The van der Waals surface area contributed by atoms with E-state index in [2.05, 4.69) is 6.92 Å². The normalized spacial score (nSPS) is 10.5. The summed E-state index contributed by atoms with van der Waals surface area (Å²) < 4.78 is 9.72. The van der Waals surface area contributed by atoms with Gasteiger partial charge in [0, 0.05) is 20.8 Å². The fourth-order valence-corrected chi connectivity index (χ4v) is 0.289. The Morgan fingerprint density at radius 1 is 1.08 bits per heavy atom. The summed E-state index contributed by atoms with van der Waals surface area (Å²) in [6, 6.07) is 0. The summed E-state index contributed by atoms with van der Waals surface area (Å²) in [6.45, 7) is 9.13. The van der Waals surface area contributed by atoms with E-state index < -0.39 is 0 Å². The molecule has 0 aromatic rings. The van der Waals surface area contributed by atoms with Gasteiger partial charge in [-0.25, -0.2) is 0 Å². The lowest BCUT2D eigenvalue weighted by molar-refractivity contribution is 0.0397. The largest absolute Gasteiger partial charge is 0.385 e. The molecule has 2 nitrogen and oxygen atoms in total. The van der Waals surface area contributed by atoms with E-state index in [-0.39, 0.29) is 5.60 Å². The van der Waals surface area contributed by atoms with Crippen molar-refractivity contribution in [2.24, 2.45) is 0 Å². The van der Waals surface area contributed by atoms with Crippen molar-refractivity contribution in [3.63, 3.8) is 0 Å². The van der Waals surface area contributed by atoms with E-state index in [9.17, 15) is 0 Å². The highest BCUT2D eigenvalue weighted by molar-refractivity contribution is 4.55. The first kappa shape index (κ1) is 14.4. The van der Waals surface area contributed by atoms with Crippen LogP contribution in [0.2, 0.25) is 0 Å². The van der Waals surface area contributed by atoms with Gasteiger partial charge in [0.25, 0.3) is 0 Å². The van der Waals surface area contributed by atoms with Crippen LogP contribution in [0.3, 0.4) is 0 Å². The SMILES string of the molecule is CCCCOC.COC(C)(C)C. The van der Waals surface area contributed by atoms with Gasteiger partial charge >= 0.3 is 0 Å². The Morgan fingerprint density at radius 2 is 1.50 bits per heavy atom. The van der Waals surface area contributed by atoms with Crippen molar-refractivity contribution in [1.29, 1.82) is 0 Å². The maximum atomic E-state index is 4.94. The van der Waals surface area contributed by atoms with E-state index in [0.717, 1.165) is 6.61 Å². The van der Waals surface area contributed by atoms with Crippen LogP contribution in [0, 0.1) is 0 Å². The molecular formula is C10H24O2. The second-order valence-electron chi connectivity index (χ2n) is 3.66. The number of methoxy groups -OCH3 is 2. The molecule has 0 fully saturated rings. The number of ether oxygens (including phenoxy) is 2. The molecule has 0 N–H and O–H groups in total. The molecule has 0 aliphatic heterocycles. The van der Waals surface area contributed by atoms with Gasteiger partial charge in [-0.2, -0.15) is 0 Å². The summed E-state index contributed by atoms with van der Waals surface area (Å²) in [5, 5.41) is 0. The van der Waals surface area contributed by atoms with Gasteiger partial charge in [0.1, 0.15) is 0 Å². The van der Waals surface area contributed by atoms with Gasteiger partial charge in [0.15, 0.2) is 0 Å². The summed E-state index contributed by atoms with van der Waals surface area (Å²) in [7, 11) is 3.44. The van der Waals surface area contributed by atoms with Crippen molar-refractivity contribution < 1.29 is 9.47 Å².